The molecule has 0 spiro atoms. The van der Waals surface area contributed by atoms with E-state index in [0.29, 0.717) is 10.6 Å². The molecule has 0 bridgehead atoms. The second kappa shape index (κ2) is 8.85. The molecule has 3 rings (SSSR count). The molecule has 0 aliphatic heterocycles. The number of anilines is 1. The summed E-state index contributed by atoms with van der Waals surface area (Å²) in [7, 11) is 0. The van der Waals surface area contributed by atoms with Crippen LogP contribution in [-0.4, -0.2) is 18.0 Å². The molecule has 144 valence electrons. The Morgan fingerprint density at radius 2 is 1.71 bits per heavy atom. The summed E-state index contributed by atoms with van der Waals surface area (Å²) in [6.45, 7) is 5.67. The first-order valence-electron chi connectivity index (χ1n) is 9.23. The molecule has 4 nitrogen and oxygen atoms in total. The van der Waals surface area contributed by atoms with Crippen molar-refractivity contribution in [1.82, 2.24) is 0 Å². The third-order valence-corrected chi connectivity index (χ3v) is 5.39. The quantitative estimate of drug-likeness (QED) is 0.565. The van der Waals surface area contributed by atoms with Crippen molar-refractivity contribution in [2.75, 3.05) is 5.32 Å². The predicted molar refractivity (Wildman–Crippen MR) is 114 cm³/mol. The Balaban J connectivity index is 1.66. The van der Waals surface area contributed by atoms with Gasteiger partial charge in [-0.25, -0.2) is 4.79 Å². The average Bonchev–Trinajstić information content (AvgIpc) is 3.19. The normalized spacial score (nSPS) is 11.7. The second-order valence-electron chi connectivity index (χ2n) is 6.62. The van der Waals surface area contributed by atoms with Gasteiger partial charge < -0.3 is 10.1 Å². The molecule has 28 heavy (non-hydrogen) atoms. The number of nitrogens with one attached hydrogen (secondary N) is 1. The van der Waals surface area contributed by atoms with Crippen LogP contribution in [0.2, 0.25) is 0 Å². The first-order chi connectivity index (χ1) is 13.5. The number of carbonyl (C=O) groups excluding carboxylic acids is 2. The minimum Gasteiger partial charge on any atom is -0.448 e. The highest BCUT2D eigenvalue weighted by molar-refractivity contribution is 7.12. The number of rotatable bonds is 6. The van der Waals surface area contributed by atoms with E-state index in [1.807, 2.05) is 66.9 Å². The van der Waals surface area contributed by atoms with Crippen LogP contribution in [0.5, 0.6) is 0 Å². The molecule has 1 N–H and O–H groups in total. The van der Waals surface area contributed by atoms with E-state index in [1.54, 1.807) is 6.92 Å². The minimum absolute atomic E-state index is 0.356. The number of esters is 1. The van der Waals surface area contributed by atoms with E-state index < -0.39 is 12.1 Å². The lowest BCUT2D eigenvalue weighted by Gasteiger charge is -2.14. The molecule has 1 aromatic heterocycles. The van der Waals surface area contributed by atoms with E-state index in [1.165, 1.54) is 16.9 Å². The van der Waals surface area contributed by atoms with Gasteiger partial charge >= 0.3 is 5.97 Å². The van der Waals surface area contributed by atoms with Gasteiger partial charge in [-0.05, 0) is 55.0 Å². The highest BCUT2D eigenvalue weighted by Gasteiger charge is 2.22. The van der Waals surface area contributed by atoms with Crippen molar-refractivity contribution in [3.8, 4) is 11.1 Å². The fourth-order valence-electron chi connectivity index (χ4n) is 2.76. The smallest absolute Gasteiger partial charge is 0.349 e. The van der Waals surface area contributed by atoms with Crippen LogP contribution in [0.3, 0.4) is 0 Å². The van der Waals surface area contributed by atoms with Crippen molar-refractivity contribution < 1.29 is 14.3 Å². The molecule has 0 aliphatic rings. The van der Waals surface area contributed by atoms with E-state index in [9.17, 15) is 9.59 Å². The Morgan fingerprint density at radius 3 is 2.36 bits per heavy atom. The number of hydrogen-bond donors (Lipinski definition) is 1. The third-order valence-electron chi connectivity index (χ3n) is 4.50. The minimum atomic E-state index is -0.897. The van der Waals surface area contributed by atoms with Crippen LogP contribution in [0.4, 0.5) is 5.69 Å². The van der Waals surface area contributed by atoms with Crippen LogP contribution in [-0.2, 0) is 16.0 Å². The lowest BCUT2D eigenvalue weighted by molar-refractivity contribution is -0.123. The molecule has 0 saturated carbocycles. The zero-order valence-electron chi connectivity index (χ0n) is 16.2. The summed E-state index contributed by atoms with van der Waals surface area (Å²) in [5.74, 6) is -0.847. The predicted octanol–water partition coefficient (Wildman–Crippen LogP) is 5.47. The molecule has 0 aliphatic carbocycles. The van der Waals surface area contributed by atoms with Crippen molar-refractivity contribution in [1.29, 1.82) is 0 Å². The summed E-state index contributed by atoms with van der Waals surface area (Å²) >= 11 is 1.31. The van der Waals surface area contributed by atoms with Gasteiger partial charge in [0.05, 0.1) is 0 Å². The van der Waals surface area contributed by atoms with Gasteiger partial charge in [-0.1, -0.05) is 48.9 Å². The van der Waals surface area contributed by atoms with Gasteiger partial charge in [-0.3, -0.25) is 4.79 Å². The van der Waals surface area contributed by atoms with Crippen LogP contribution in [0.25, 0.3) is 11.1 Å². The summed E-state index contributed by atoms with van der Waals surface area (Å²) in [6.07, 6.45) is 0.0400. The number of aryl methyl sites for hydroxylation is 2. The molecule has 1 atom stereocenters. The van der Waals surface area contributed by atoms with Crippen molar-refractivity contribution in [2.45, 2.75) is 33.3 Å². The zero-order valence-corrected chi connectivity index (χ0v) is 17.0. The molecular formula is C23H23NO3S. The Morgan fingerprint density at radius 1 is 1.04 bits per heavy atom. The van der Waals surface area contributed by atoms with Crippen LogP contribution in [0.15, 0.2) is 60.0 Å². The molecule has 0 fully saturated rings. The fraction of sp³-hybridized carbons (Fsp3) is 0.217. The summed E-state index contributed by atoms with van der Waals surface area (Å²) in [6, 6.07) is 17.5. The van der Waals surface area contributed by atoms with Gasteiger partial charge in [0.25, 0.3) is 5.91 Å². The molecule has 2 aromatic carbocycles. The molecule has 1 heterocycles. The second-order valence-corrected chi connectivity index (χ2v) is 7.53. The third kappa shape index (κ3) is 4.67. The van der Waals surface area contributed by atoms with E-state index in [-0.39, 0.29) is 5.91 Å². The van der Waals surface area contributed by atoms with Crippen LogP contribution >= 0.6 is 11.3 Å². The summed E-state index contributed by atoms with van der Waals surface area (Å²) < 4.78 is 5.42. The first-order valence-corrected chi connectivity index (χ1v) is 10.1. The maximum Gasteiger partial charge on any atom is 0.349 e. The lowest BCUT2D eigenvalue weighted by Crippen LogP contribution is -2.29. The Bertz CT molecular complexity index is 958. The Hall–Kier alpha value is -2.92. The largest absolute Gasteiger partial charge is 0.448 e. The van der Waals surface area contributed by atoms with E-state index in [2.05, 4.69) is 12.2 Å². The van der Waals surface area contributed by atoms with Gasteiger partial charge in [-0.2, -0.15) is 0 Å². The van der Waals surface area contributed by atoms with Crippen molar-refractivity contribution in [2.24, 2.45) is 0 Å². The van der Waals surface area contributed by atoms with Gasteiger partial charge in [0.1, 0.15) is 4.88 Å². The first kappa shape index (κ1) is 19.8. The Kier molecular flexibility index (Phi) is 6.26. The van der Waals surface area contributed by atoms with E-state index in [0.717, 1.165) is 23.1 Å². The fourth-order valence-corrected chi connectivity index (χ4v) is 3.56. The van der Waals surface area contributed by atoms with E-state index >= 15 is 0 Å². The van der Waals surface area contributed by atoms with Gasteiger partial charge in [0.15, 0.2) is 6.10 Å². The SMILES string of the molecule is CCc1ccc(NC(=O)[C@H](C)OC(=O)c2sccc2-c2ccc(C)cc2)cc1. The number of ether oxygens (including phenoxy) is 1. The summed E-state index contributed by atoms with van der Waals surface area (Å²) in [4.78, 5) is 25.5. The monoisotopic (exact) mass is 393 g/mol. The summed E-state index contributed by atoms with van der Waals surface area (Å²) in [5.41, 5.74) is 4.80. The Labute approximate surface area is 169 Å². The number of carbonyl (C=O) groups is 2. The van der Waals surface area contributed by atoms with E-state index in [4.69, 9.17) is 4.74 Å². The maximum atomic E-state index is 12.6. The zero-order chi connectivity index (χ0) is 20.1. The van der Waals surface area contributed by atoms with Gasteiger partial charge in [0.2, 0.25) is 0 Å². The molecular weight excluding hydrogens is 370 g/mol. The van der Waals surface area contributed by atoms with Gasteiger partial charge in [-0.15, -0.1) is 11.3 Å². The molecule has 0 saturated heterocycles. The average molecular weight is 394 g/mol. The number of amides is 1. The number of benzene rings is 2. The summed E-state index contributed by atoms with van der Waals surface area (Å²) in [5, 5.41) is 4.64. The number of thiophene rings is 1. The van der Waals surface area contributed by atoms with Gasteiger partial charge in [0, 0.05) is 11.3 Å². The topological polar surface area (TPSA) is 55.4 Å². The van der Waals surface area contributed by atoms with Crippen LogP contribution in [0, 0.1) is 6.92 Å². The standard InChI is InChI=1S/C23H23NO3S/c1-4-17-7-11-19(12-8-17)24-22(25)16(3)27-23(26)21-20(13-14-28-21)18-9-5-15(2)6-10-18/h5-14,16H,4H2,1-3H3,(H,24,25)/t16-/m0/s1. The van der Waals surface area contributed by atoms with Crippen molar-refractivity contribution >= 4 is 28.9 Å². The maximum absolute atomic E-state index is 12.6. The molecule has 0 radical (unpaired) electrons. The lowest BCUT2D eigenvalue weighted by atomic mass is 10.1. The molecule has 5 heteroatoms. The van der Waals surface area contributed by atoms with Crippen LogP contribution < -0.4 is 5.32 Å². The van der Waals surface area contributed by atoms with Crippen molar-refractivity contribution in [3.63, 3.8) is 0 Å². The highest BCUT2D eigenvalue weighted by Crippen LogP contribution is 2.29. The van der Waals surface area contributed by atoms with Crippen molar-refractivity contribution in [3.05, 3.63) is 76.0 Å². The molecule has 3 aromatic rings. The molecule has 1 amide bonds. The number of hydrogen-bond acceptors (Lipinski definition) is 4. The highest BCUT2D eigenvalue weighted by atomic mass is 32.1. The van der Waals surface area contributed by atoms with Crippen LogP contribution in [0.1, 0.15) is 34.6 Å². The molecule has 0 unspecified atom stereocenters.